The zero-order valence-electron chi connectivity index (χ0n) is 9.25. The molecular weight excluding hydrogens is 217 g/mol. The van der Waals surface area contributed by atoms with E-state index < -0.39 is 11.7 Å². The third-order valence-electron chi connectivity index (χ3n) is 2.20. The van der Waals surface area contributed by atoms with Crippen LogP contribution in [-0.2, 0) is 6.18 Å². The summed E-state index contributed by atoms with van der Waals surface area (Å²) in [5, 5.41) is 0. The molecule has 90 valence electrons. The Balaban J connectivity index is 2.79. The van der Waals surface area contributed by atoms with E-state index in [1.807, 2.05) is 11.8 Å². The van der Waals surface area contributed by atoms with Crippen molar-refractivity contribution >= 4 is 5.69 Å². The van der Waals surface area contributed by atoms with Gasteiger partial charge >= 0.3 is 6.18 Å². The number of likely N-dealkylation sites (N-methyl/N-ethyl adjacent to an activating group) is 1. The van der Waals surface area contributed by atoms with Crippen LogP contribution in [-0.4, -0.2) is 19.6 Å². The molecule has 1 rings (SSSR count). The molecule has 1 aromatic rings. The smallest absolute Gasteiger partial charge is 0.373 e. The predicted molar refractivity (Wildman–Crippen MR) is 58.4 cm³/mol. The van der Waals surface area contributed by atoms with E-state index >= 15 is 0 Å². The van der Waals surface area contributed by atoms with Gasteiger partial charge in [0.1, 0.15) is 0 Å². The van der Waals surface area contributed by atoms with E-state index in [1.165, 1.54) is 12.1 Å². The number of alkyl halides is 3. The number of rotatable bonds is 3. The first-order valence-electron chi connectivity index (χ1n) is 4.94. The molecule has 1 unspecified atom stereocenters. The highest BCUT2D eigenvalue weighted by Crippen LogP contribution is 2.30. The fourth-order valence-electron chi connectivity index (χ4n) is 1.44. The molecule has 0 aromatic heterocycles. The molecular formula is C11H15F3N2. The zero-order chi connectivity index (χ0) is 12.3. The third kappa shape index (κ3) is 3.41. The van der Waals surface area contributed by atoms with Crippen LogP contribution in [0.3, 0.4) is 0 Å². The van der Waals surface area contributed by atoms with Crippen LogP contribution in [0.2, 0.25) is 0 Å². The summed E-state index contributed by atoms with van der Waals surface area (Å²) in [5.74, 6) is 0. The summed E-state index contributed by atoms with van der Waals surface area (Å²) >= 11 is 0. The lowest BCUT2D eigenvalue weighted by molar-refractivity contribution is -0.137. The van der Waals surface area contributed by atoms with Crippen molar-refractivity contribution < 1.29 is 13.2 Å². The van der Waals surface area contributed by atoms with Crippen molar-refractivity contribution in [3.05, 3.63) is 29.8 Å². The van der Waals surface area contributed by atoms with Gasteiger partial charge in [0.15, 0.2) is 0 Å². The molecule has 2 N–H and O–H groups in total. The maximum Gasteiger partial charge on any atom is 0.416 e. The molecule has 0 aliphatic heterocycles. The minimum Gasteiger partial charge on any atom is -0.373 e. The second kappa shape index (κ2) is 4.74. The number of hydrogen-bond acceptors (Lipinski definition) is 2. The first kappa shape index (κ1) is 12.8. The lowest BCUT2D eigenvalue weighted by Crippen LogP contribution is -2.32. The highest BCUT2D eigenvalue weighted by molar-refractivity contribution is 5.47. The lowest BCUT2D eigenvalue weighted by Gasteiger charge is -2.21. The van der Waals surface area contributed by atoms with E-state index in [0.29, 0.717) is 6.54 Å². The maximum atomic E-state index is 12.3. The monoisotopic (exact) mass is 232 g/mol. The summed E-state index contributed by atoms with van der Waals surface area (Å²) in [6.45, 7) is 2.45. The summed E-state index contributed by atoms with van der Waals surface area (Å²) in [4.78, 5) is 1.82. The normalized spacial score (nSPS) is 13.6. The van der Waals surface area contributed by atoms with Gasteiger partial charge in [-0.25, -0.2) is 0 Å². The van der Waals surface area contributed by atoms with Gasteiger partial charge < -0.3 is 10.6 Å². The van der Waals surface area contributed by atoms with Crippen LogP contribution in [0.5, 0.6) is 0 Å². The number of nitrogens with two attached hydrogens (primary N) is 1. The molecule has 0 fully saturated rings. The van der Waals surface area contributed by atoms with E-state index in [4.69, 9.17) is 5.73 Å². The Morgan fingerprint density at radius 1 is 1.25 bits per heavy atom. The van der Waals surface area contributed by atoms with Gasteiger partial charge in [0.05, 0.1) is 5.56 Å². The van der Waals surface area contributed by atoms with Gasteiger partial charge in [-0.05, 0) is 31.2 Å². The third-order valence-corrected chi connectivity index (χ3v) is 2.20. The second-order valence-corrected chi connectivity index (χ2v) is 3.90. The molecule has 5 heteroatoms. The van der Waals surface area contributed by atoms with Gasteiger partial charge in [-0.2, -0.15) is 13.2 Å². The van der Waals surface area contributed by atoms with Crippen LogP contribution in [0.25, 0.3) is 0 Å². The lowest BCUT2D eigenvalue weighted by atomic mass is 10.2. The van der Waals surface area contributed by atoms with Gasteiger partial charge in [0.25, 0.3) is 0 Å². The van der Waals surface area contributed by atoms with E-state index in [-0.39, 0.29) is 6.04 Å². The second-order valence-electron chi connectivity index (χ2n) is 3.90. The van der Waals surface area contributed by atoms with E-state index in [1.54, 1.807) is 7.05 Å². The number of benzene rings is 1. The summed E-state index contributed by atoms with van der Waals surface area (Å²) in [5.41, 5.74) is 5.70. The molecule has 0 heterocycles. The van der Waals surface area contributed by atoms with Crippen molar-refractivity contribution in [2.24, 2.45) is 5.73 Å². The molecule has 2 nitrogen and oxygen atoms in total. The zero-order valence-corrected chi connectivity index (χ0v) is 9.25. The van der Waals surface area contributed by atoms with Gasteiger partial charge in [0, 0.05) is 25.3 Å². The van der Waals surface area contributed by atoms with Crippen LogP contribution >= 0.6 is 0 Å². The number of anilines is 1. The quantitative estimate of drug-likeness (QED) is 0.867. The number of nitrogens with zero attached hydrogens (tertiary/aromatic N) is 1. The van der Waals surface area contributed by atoms with Gasteiger partial charge in [-0.3, -0.25) is 0 Å². The molecule has 0 aliphatic carbocycles. The van der Waals surface area contributed by atoms with Crippen LogP contribution < -0.4 is 10.6 Å². The first-order chi connectivity index (χ1) is 7.30. The van der Waals surface area contributed by atoms with Crippen molar-refractivity contribution in [2.75, 3.05) is 18.5 Å². The largest absolute Gasteiger partial charge is 0.416 e. The van der Waals surface area contributed by atoms with E-state index in [9.17, 15) is 13.2 Å². The predicted octanol–water partition coefficient (Wildman–Crippen LogP) is 2.49. The SMILES string of the molecule is CC(N)CN(C)c1ccc(C(F)(F)F)cc1. The summed E-state index contributed by atoms with van der Waals surface area (Å²) in [6, 6.07) is 5.03. The molecule has 0 saturated carbocycles. The first-order valence-corrected chi connectivity index (χ1v) is 4.94. The van der Waals surface area contributed by atoms with Gasteiger partial charge in [-0.15, -0.1) is 0 Å². The van der Waals surface area contributed by atoms with Crippen molar-refractivity contribution in [1.82, 2.24) is 0 Å². The molecule has 0 radical (unpaired) electrons. The topological polar surface area (TPSA) is 29.3 Å². The Morgan fingerprint density at radius 2 is 1.75 bits per heavy atom. The van der Waals surface area contributed by atoms with Crippen molar-refractivity contribution in [3.63, 3.8) is 0 Å². The summed E-state index contributed by atoms with van der Waals surface area (Å²) in [6.07, 6.45) is -4.28. The van der Waals surface area contributed by atoms with Crippen LogP contribution in [0.1, 0.15) is 12.5 Å². The Labute approximate surface area is 92.9 Å². The van der Waals surface area contributed by atoms with Gasteiger partial charge in [0.2, 0.25) is 0 Å². The summed E-state index contributed by atoms with van der Waals surface area (Å²) < 4.78 is 36.9. The average molecular weight is 232 g/mol. The molecule has 16 heavy (non-hydrogen) atoms. The molecule has 0 saturated heterocycles. The molecule has 0 spiro atoms. The Morgan fingerprint density at radius 3 is 2.12 bits per heavy atom. The van der Waals surface area contributed by atoms with Crippen molar-refractivity contribution in [3.8, 4) is 0 Å². The summed E-state index contributed by atoms with van der Waals surface area (Å²) in [7, 11) is 1.80. The maximum absolute atomic E-state index is 12.3. The Hall–Kier alpha value is -1.23. The molecule has 0 amide bonds. The van der Waals surface area contributed by atoms with Crippen molar-refractivity contribution in [2.45, 2.75) is 19.1 Å². The fraction of sp³-hybridized carbons (Fsp3) is 0.455. The fourth-order valence-corrected chi connectivity index (χ4v) is 1.44. The molecule has 1 atom stereocenters. The molecule has 1 aromatic carbocycles. The molecule has 0 aliphatic rings. The van der Waals surface area contributed by atoms with Crippen LogP contribution in [0, 0.1) is 0 Å². The number of hydrogen-bond donors (Lipinski definition) is 1. The van der Waals surface area contributed by atoms with Gasteiger partial charge in [-0.1, -0.05) is 0 Å². The average Bonchev–Trinajstić information content (AvgIpc) is 2.15. The van der Waals surface area contributed by atoms with Crippen molar-refractivity contribution in [1.29, 1.82) is 0 Å². The van der Waals surface area contributed by atoms with E-state index in [0.717, 1.165) is 17.8 Å². The minimum atomic E-state index is -4.28. The number of halogens is 3. The standard InChI is InChI=1S/C11H15F3N2/c1-8(15)7-16(2)10-5-3-9(4-6-10)11(12,13)14/h3-6,8H,7,15H2,1-2H3. The Kier molecular flexibility index (Phi) is 3.80. The van der Waals surface area contributed by atoms with Crippen LogP contribution in [0.4, 0.5) is 18.9 Å². The Bertz CT molecular complexity index is 330. The van der Waals surface area contributed by atoms with E-state index in [2.05, 4.69) is 0 Å². The highest BCUT2D eigenvalue weighted by atomic mass is 19.4. The minimum absolute atomic E-state index is 0.0210. The van der Waals surface area contributed by atoms with Crippen LogP contribution in [0.15, 0.2) is 24.3 Å². The molecule has 0 bridgehead atoms. The highest BCUT2D eigenvalue weighted by Gasteiger charge is 2.30.